The minimum absolute atomic E-state index is 0.466. The number of ether oxygens (including phenoxy) is 1. The molecule has 4 nitrogen and oxygen atoms in total. The van der Waals surface area contributed by atoms with Gasteiger partial charge >= 0.3 is 0 Å². The van der Waals surface area contributed by atoms with E-state index in [2.05, 4.69) is 41.0 Å². The molecule has 26 heavy (non-hydrogen) atoms. The van der Waals surface area contributed by atoms with Crippen LogP contribution in [0.4, 0.5) is 0 Å². The number of aliphatic hydroxyl groups excluding tert-OH is 1. The molecule has 1 aliphatic rings. The fourth-order valence-electron chi connectivity index (χ4n) is 3.32. The Morgan fingerprint density at radius 2 is 1.73 bits per heavy atom. The van der Waals surface area contributed by atoms with Crippen LogP contribution in [-0.2, 0) is 11.3 Å². The highest BCUT2D eigenvalue weighted by molar-refractivity contribution is 5.21. The van der Waals surface area contributed by atoms with Crippen LogP contribution in [0.5, 0.6) is 0 Å². The first kappa shape index (κ1) is 19.1. The van der Waals surface area contributed by atoms with Crippen molar-refractivity contribution < 1.29 is 9.84 Å². The van der Waals surface area contributed by atoms with E-state index in [1.807, 2.05) is 30.3 Å². The van der Waals surface area contributed by atoms with Crippen LogP contribution in [0.1, 0.15) is 22.8 Å². The van der Waals surface area contributed by atoms with Crippen molar-refractivity contribution >= 4 is 0 Å². The number of benzene rings is 2. The summed E-state index contributed by atoms with van der Waals surface area (Å²) in [7, 11) is 0. The summed E-state index contributed by atoms with van der Waals surface area (Å²) in [6, 6.07) is 18.6. The summed E-state index contributed by atoms with van der Waals surface area (Å²) in [6.45, 7) is 9.21. The molecule has 0 saturated carbocycles. The first-order chi connectivity index (χ1) is 12.7. The van der Waals surface area contributed by atoms with Gasteiger partial charge in [-0.05, 0) is 18.1 Å². The van der Waals surface area contributed by atoms with Gasteiger partial charge in [0, 0.05) is 39.3 Å². The van der Waals surface area contributed by atoms with Crippen molar-refractivity contribution in [3.8, 4) is 0 Å². The van der Waals surface area contributed by atoms with Crippen LogP contribution in [-0.4, -0.2) is 60.8 Å². The van der Waals surface area contributed by atoms with Gasteiger partial charge in [-0.15, -0.1) is 0 Å². The number of nitrogens with zero attached hydrogens (tertiary/aromatic N) is 2. The molecular weight excluding hydrogens is 324 g/mol. The first-order valence-corrected chi connectivity index (χ1v) is 9.52. The molecule has 0 radical (unpaired) electrons. The van der Waals surface area contributed by atoms with Crippen LogP contribution in [0.15, 0.2) is 54.6 Å². The van der Waals surface area contributed by atoms with Crippen LogP contribution in [0.3, 0.4) is 0 Å². The van der Waals surface area contributed by atoms with Gasteiger partial charge in [-0.1, -0.05) is 60.2 Å². The van der Waals surface area contributed by atoms with Gasteiger partial charge in [0.05, 0.1) is 19.3 Å². The Hall–Kier alpha value is -1.72. The number of morpholine rings is 1. The highest BCUT2D eigenvalue weighted by atomic mass is 16.5. The number of aryl methyl sites for hydroxylation is 1. The van der Waals surface area contributed by atoms with Gasteiger partial charge < -0.3 is 9.84 Å². The molecular formula is C22H30N2O2. The standard InChI is InChI=1S/C22H30N2O2/c1-19-7-9-20(10-8-19)17-24(12-11-23-13-15-26-16-14-23)18-22(25)21-5-3-2-4-6-21/h2-10,22,25H,11-18H2,1H3. The maximum absolute atomic E-state index is 10.7. The molecule has 1 atom stereocenters. The molecule has 1 aliphatic heterocycles. The lowest BCUT2D eigenvalue weighted by atomic mass is 10.1. The van der Waals surface area contributed by atoms with Gasteiger partial charge in [-0.25, -0.2) is 0 Å². The van der Waals surface area contributed by atoms with E-state index in [1.165, 1.54) is 11.1 Å². The SMILES string of the molecule is Cc1ccc(CN(CCN2CCOCC2)CC(O)c2ccccc2)cc1. The fourth-order valence-corrected chi connectivity index (χ4v) is 3.32. The van der Waals surface area contributed by atoms with E-state index in [1.54, 1.807) is 0 Å². The van der Waals surface area contributed by atoms with Gasteiger partial charge in [-0.2, -0.15) is 0 Å². The van der Waals surface area contributed by atoms with Crippen molar-refractivity contribution in [2.75, 3.05) is 45.9 Å². The largest absolute Gasteiger partial charge is 0.387 e. The number of hydrogen-bond donors (Lipinski definition) is 1. The summed E-state index contributed by atoms with van der Waals surface area (Å²) in [5, 5.41) is 10.7. The van der Waals surface area contributed by atoms with Crippen molar-refractivity contribution in [3.63, 3.8) is 0 Å². The number of rotatable bonds is 8. The second-order valence-electron chi connectivity index (χ2n) is 7.10. The molecule has 0 amide bonds. The predicted molar refractivity (Wildman–Crippen MR) is 105 cm³/mol. The van der Waals surface area contributed by atoms with Crippen molar-refractivity contribution in [2.45, 2.75) is 19.6 Å². The summed E-state index contributed by atoms with van der Waals surface area (Å²) in [5.41, 5.74) is 3.54. The van der Waals surface area contributed by atoms with Gasteiger partial charge in [0.2, 0.25) is 0 Å². The summed E-state index contributed by atoms with van der Waals surface area (Å²) >= 11 is 0. The predicted octanol–water partition coefficient (Wildman–Crippen LogP) is 2.86. The highest BCUT2D eigenvalue weighted by Gasteiger charge is 2.16. The zero-order valence-electron chi connectivity index (χ0n) is 15.7. The smallest absolute Gasteiger partial charge is 0.0917 e. The third kappa shape index (κ3) is 5.92. The van der Waals surface area contributed by atoms with E-state index in [-0.39, 0.29) is 0 Å². The van der Waals surface area contributed by atoms with Crippen LogP contribution in [0, 0.1) is 6.92 Å². The quantitative estimate of drug-likeness (QED) is 0.791. The van der Waals surface area contributed by atoms with Crippen LogP contribution in [0.2, 0.25) is 0 Å². The van der Waals surface area contributed by atoms with Gasteiger partial charge in [0.25, 0.3) is 0 Å². The molecule has 1 saturated heterocycles. The van der Waals surface area contributed by atoms with E-state index in [4.69, 9.17) is 4.74 Å². The maximum atomic E-state index is 10.7. The Balaban J connectivity index is 1.62. The average molecular weight is 354 g/mol. The summed E-state index contributed by atoms with van der Waals surface area (Å²) in [5.74, 6) is 0. The molecule has 4 heteroatoms. The minimum Gasteiger partial charge on any atom is -0.387 e. The Bertz CT molecular complexity index is 639. The average Bonchev–Trinajstić information content (AvgIpc) is 2.69. The van der Waals surface area contributed by atoms with Crippen LogP contribution >= 0.6 is 0 Å². The van der Waals surface area contributed by atoms with Crippen LogP contribution in [0.25, 0.3) is 0 Å². The lowest BCUT2D eigenvalue weighted by Crippen LogP contribution is -2.42. The van der Waals surface area contributed by atoms with E-state index in [0.29, 0.717) is 6.54 Å². The molecule has 0 spiro atoms. The second-order valence-corrected chi connectivity index (χ2v) is 7.10. The molecule has 1 N–H and O–H groups in total. The third-order valence-electron chi connectivity index (χ3n) is 4.98. The van der Waals surface area contributed by atoms with Gasteiger partial charge in [0.15, 0.2) is 0 Å². The molecule has 1 fully saturated rings. The molecule has 3 rings (SSSR count). The van der Waals surface area contributed by atoms with Crippen molar-refractivity contribution in [3.05, 3.63) is 71.3 Å². The molecule has 0 bridgehead atoms. The third-order valence-corrected chi connectivity index (χ3v) is 4.98. The summed E-state index contributed by atoms with van der Waals surface area (Å²) in [6.07, 6.45) is -0.466. The molecule has 0 aliphatic carbocycles. The van der Waals surface area contributed by atoms with E-state index < -0.39 is 6.10 Å². The lowest BCUT2D eigenvalue weighted by Gasteiger charge is -2.31. The highest BCUT2D eigenvalue weighted by Crippen LogP contribution is 2.16. The van der Waals surface area contributed by atoms with Crippen molar-refractivity contribution in [1.82, 2.24) is 9.80 Å². The molecule has 140 valence electrons. The monoisotopic (exact) mass is 354 g/mol. The van der Waals surface area contributed by atoms with Crippen LogP contribution < -0.4 is 0 Å². The number of aliphatic hydroxyl groups is 1. The van der Waals surface area contributed by atoms with Crippen molar-refractivity contribution in [2.24, 2.45) is 0 Å². The van der Waals surface area contributed by atoms with E-state index in [9.17, 15) is 5.11 Å². The van der Waals surface area contributed by atoms with Crippen molar-refractivity contribution in [1.29, 1.82) is 0 Å². The molecule has 1 heterocycles. The molecule has 2 aromatic carbocycles. The van der Waals surface area contributed by atoms with E-state index >= 15 is 0 Å². The number of hydrogen-bond acceptors (Lipinski definition) is 4. The molecule has 0 aromatic heterocycles. The lowest BCUT2D eigenvalue weighted by molar-refractivity contribution is 0.0291. The Morgan fingerprint density at radius 1 is 1.04 bits per heavy atom. The van der Waals surface area contributed by atoms with Gasteiger partial charge in [0.1, 0.15) is 0 Å². The second kappa shape index (κ2) is 9.83. The fraction of sp³-hybridized carbons (Fsp3) is 0.455. The molecule has 2 aromatic rings. The summed E-state index contributed by atoms with van der Waals surface area (Å²) < 4.78 is 5.44. The normalized spacial score (nSPS) is 16.7. The van der Waals surface area contributed by atoms with E-state index in [0.717, 1.165) is 51.5 Å². The zero-order chi connectivity index (χ0) is 18.2. The summed E-state index contributed by atoms with van der Waals surface area (Å²) in [4.78, 5) is 4.80. The molecule has 1 unspecified atom stereocenters. The van der Waals surface area contributed by atoms with Gasteiger partial charge in [-0.3, -0.25) is 9.80 Å². The Labute approximate surface area is 157 Å². The topological polar surface area (TPSA) is 35.9 Å². The Kier molecular flexibility index (Phi) is 7.21. The maximum Gasteiger partial charge on any atom is 0.0917 e. The minimum atomic E-state index is -0.466. The zero-order valence-corrected chi connectivity index (χ0v) is 15.7. The Morgan fingerprint density at radius 3 is 2.42 bits per heavy atom. The first-order valence-electron chi connectivity index (χ1n) is 9.52.